The Morgan fingerprint density at radius 2 is 1.06 bits per heavy atom. The zero-order chi connectivity index (χ0) is 56.0. The van der Waals surface area contributed by atoms with Crippen LogP contribution in [0.4, 0.5) is 0 Å². The van der Waals surface area contributed by atoms with Crippen LogP contribution < -0.4 is 0 Å². The minimum Gasteiger partial charge on any atom is -0.507 e. The van der Waals surface area contributed by atoms with E-state index in [9.17, 15) is 7.85 Å². The maximum Gasteiger partial charge on any atom is 0.149 e. The Bertz CT molecular complexity index is 4080. The van der Waals surface area contributed by atoms with Gasteiger partial charge in [-0.15, -0.1) is 0 Å². The Balaban J connectivity index is 0.952. The van der Waals surface area contributed by atoms with Crippen molar-refractivity contribution in [1.82, 2.24) is 14.5 Å². The van der Waals surface area contributed by atoms with Crippen molar-refractivity contribution in [3.8, 4) is 89.7 Å². The molecule has 394 valence electrons. The Morgan fingerprint density at radius 3 is 1.73 bits per heavy atom. The number of hydrogen-bond acceptors (Lipinski definition) is 3. The summed E-state index contributed by atoms with van der Waals surface area (Å²) in [6.45, 7) is 6.79. The molecule has 2 saturated carbocycles. The first-order valence-corrected chi connectivity index (χ1v) is 28.8. The number of benzene rings is 9. The lowest BCUT2D eigenvalue weighted by Crippen LogP contribution is -2.12. The third-order valence-electron chi connectivity index (χ3n) is 17.0. The van der Waals surface area contributed by atoms with Gasteiger partial charge in [0, 0.05) is 31.2 Å². The van der Waals surface area contributed by atoms with Gasteiger partial charge in [-0.2, -0.15) is 0 Å². The van der Waals surface area contributed by atoms with Gasteiger partial charge in [0.2, 0.25) is 0 Å². The van der Waals surface area contributed by atoms with Crippen LogP contribution in [0.3, 0.4) is 0 Å². The Morgan fingerprint density at radius 1 is 0.475 bits per heavy atom. The first-order valence-electron chi connectivity index (χ1n) is 29.8. The van der Waals surface area contributed by atoms with Crippen LogP contribution in [0.5, 0.6) is 5.75 Å². The summed E-state index contributed by atoms with van der Waals surface area (Å²) in [4.78, 5) is 10.8. The zero-order valence-electron chi connectivity index (χ0n) is 48.2. The molecule has 2 aliphatic rings. The minimum absolute atomic E-state index is 0.174. The van der Waals surface area contributed by atoms with E-state index in [0.717, 1.165) is 101 Å². The van der Waals surface area contributed by atoms with Crippen molar-refractivity contribution in [1.29, 1.82) is 0 Å². The Labute approximate surface area is 475 Å². The standard InChI is InChI=1S/C76H69N3O/c1-76(2,3)65-46-63(45-64(47-65)70-50-61(41-42-77-70)58-38-36-57(37-39-58)56-34-32-55(33-35-56)53-21-8-4-9-22-53)66-29-18-30-72-73(66)78-75(69-49-62(54-23-10-5-11-24-54)48-68(74(69)80)60-27-14-7-15-28-60)79(72)71-40-31-52(43-51-19-16-17-20-51)44-67(71)59-25-12-6-13-26-59/h4-15,18,21-31,36-42,44-51,55-56,80H,16-17,19-20,32-35,43H2,1-3H3/i55D,56D. The molecule has 0 atom stereocenters. The first-order chi connectivity index (χ1) is 39.9. The molecule has 9 aromatic carbocycles. The number of phenolic OH excluding ortho intramolecular Hbond substituents is 1. The van der Waals surface area contributed by atoms with Gasteiger partial charge in [-0.25, -0.2) is 4.98 Å². The van der Waals surface area contributed by atoms with Gasteiger partial charge in [0.25, 0.3) is 0 Å². The number of nitrogens with zero attached hydrogens (tertiary/aromatic N) is 3. The van der Waals surface area contributed by atoms with Gasteiger partial charge in [-0.1, -0.05) is 216 Å². The number of aromatic nitrogens is 3. The van der Waals surface area contributed by atoms with Crippen molar-refractivity contribution in [3.63, 3.8) is 0 Å². The zero-order valence-corrected chi connectivity index (χ0v) is 46.2. The molecule has 2 fully saturated rings. The highest BCUT2D eigenvalue weighted by molar-refractivity contribution is 5.99. The fourth-order valence-corrected chi connectivity index (χ4v) is 12.6. The molecule has 2 heterocycles. The summed E-state index contributed by atoms with van der Waals surface area (Å²) in [5.74, 6) is 0.129. The molecule has 11 aromatic rings. The Hall–Kier alpha value is -8.60. The maximum atomic E-state index is 12.9. The fourth-order valence-electron chi connectivity index (χ4n) is 12.6. The molecule has 0 radical (unpaired) electrons. The minimum atomic E-state index is -0.731. The van der Waals surface area contributed by atoms with E-state index >= 15 is 0 Å². The van der Waals surface area contributed by atoms with E-state index < -0.39 is 11.8 Å². The smallest absolute Gasteiger partial charge is 0.149 e. The average molecular weight is 1040 g/mol. The summed E-state index contributed by atoms with van der Waals surface area (Å²) in [5.41, 5.74) is 19.7. The van der Waals surface area contributed by atoms with Crippen LogP contribution in [0, 0.1) is 5.92 Å². The predicted molar refractivity (Wildman–Crippen MR) is 333 cm³/mol. The van der Waals surface area contributed by atoms with Gasteiger partial charge in [-0.05, 0) is 171 Å². The quantitative estimate of drug-likeness (QED) is 0.133. The normalized spacial score (nSPS) is 18.0. The highest BCUT2D eigenvalue weighted by Crippen LogP contribution is 2.47. The van der Waals surface area contributed by atoms with Crippen molar-refractivity contribution in [2.75, 3.05) is 0 Å². The average Bonchev–Trinajstić information content (AvgIpc) is 4.32. The summed E-state index contributed by atoms with van der Waals surface area (Å²) in [6.07, 6.45) is 10.7. The van der Waals surface area contributed by atoms with Crippen molar-refractivity contribution >= 4 is 11.0 Å². The van der Waals surface area contributed by atoms with E-state index in [-0.39, 0.29) is 11.2 Å². The number of phenols is 1. The predicted octanol–water partition coefficient (Wildman–Crippen LogP) is 20.3. The van der Waals surface area contributed by atoms with E-state index in [2.05, 4.69) is 207 Å². The molecule has 0 saturated heterocycles. The van der Waals surface area contributed by atoms with E-state index in [4.69, 9.17) is 9.97 Å². The van der Waals surface area contributed by atoms with Gasteiger partial charge in [0.1, 0.15) is 11.6 Å². The monoisotopic (exact) mass is 1040 g/mol. The molecular formula is C76H69N3O. The highest BCUT2D eigenvalue weighted by atomic mass is 16.3. The molecule has 1 N–H and O–H groups in total. The summed E-state index contributed by atoms with van der Waals surface area (Å²) < 4.78 is 21.2. The molecule has 0 aliphatic heterocycles. The number of aromatic hydroxyl groups is 1. The summed E-state index contributed by atoms with van der Waals surface area (Å²) in [5, 5.41) is 12.9. The van der Waals surface area contributed by atoms with Gasteiger partial charge in [0.15, 0.2) is 0 Å². The molecule has 0 bridgehead atoms. The van der Waals surface area contributed by atoms with Gasteiger partial charge in [0.05, 0.1) is 28.0 Å². The lowest BCUT2D eigenvalue weighted by molar-refractivity contribution is 0.396. The number of imidazole rings is 1. The first kappa shape index (κ1) is 48.5. The molecule has 13 rings (SSSR count). The van der Waals surface area contributed by atoms with E-state index in [1.807, 2.05) is 48.7 Å². The van der Waals surface area contributed by atoms with Crippen molar-refractivity contribution in [2.24, 2.45) is 5.92 Å². The van der Waals surface area contributed by atoms with Crippen molar-refractivity contribution in [3.05, 3.63) is 253 Å². The van der Waals surface area contributed by atoms with Crippen LogP contribution >= 0.6 is 0 Å². The molecule has 4 heteroatoms. The second-order valence-corrected chi connectivity index (χ2v) is 23.3. The number of para-hydroxylation sites is 1. The third kappa shape index (κ3) is 10.3. The lowest BCUT2D eigenvalue weighted by atomic mass is 9.76. The fraction of sp³-hybridized carbons (Fsp3) is 0.211. The highest BCUT2D eigenvalue weighted by Gasteiger charge is 2.28. The molecule has 80 heavy (non-hydrogen) atoms. The second kappa shape index (κ2) is 21.9. The van der Waals surface area contributed by atoms with E-state index in [0.29, 0.717) is 43.0 Å². The molecule has 0 spiro atoms. The lowest BCUT2D eigenvalue weighted by Gasteiger charge is -2.29. The van der Waals surface area contributed by atoms with E-state index in [1.165, 1.54) is 36.8 Å². The molecule has 4 nitrogen and oxygen atoms in total. The summed E-state index contributed by atoms with van der Waals surface area (Å²) in [7, 11) is 0. The van der Waals surface area contributed by atoms with Gasteiger partial charge >= 0.3 is 0 Å². The number of hydrogen-bond donors (Lipinski definition) is 1. The maximum absolute atomic E-state index is 12.9. The molecule has 2 aliphatic carbocycles. The van der Waals surface area contributed by atoms with Gasteiger partial charge in [-0.3, -0.25) is 9.55 Å². The van der Waals surface area contributed by atoms with Crippen LogP contribution in [-0.2, 0) is 11.8 Å². The molecule has 0 amide bonds. The summed E-state index contributed by atoms with van der Waals surface area (Å²) in [6, 6.07) is 79.0. The third-order valence-corrected chi connectivity index (χ3v) is 17.0. The topological polar surface area (TPSA) is 50.9 Å². The Kier molecular flexibility index (Phi) is 13.3. The number of fused-ring (bicyclic) bond motifs is 1. The van der Waals surface area contributed by atoms with Crippen molar-refractivity contribution in [2.45, 2.75) is 95.8 Å². The molecular weight excluding hydrogens is 971 g/mol. The molecule has 0 unspecified atom stereocenters. The van der Waals surface area contributed by atoms with Crippen LogP contribution in [0.25, 0.3) is 95.0 Å². The van der Waals surface area contributed by atoms with Crippen LogP contribution in [-0.4, -0.2) is 19.6 Å². The van der Waals surface area contributed by atoms with Crippen LogP contribution in [0.2, 0.25) is 0 Å². The van der Waals surface area contributed by atoms with Crippen LogP contribution in [0.15, 0.2) is 231 Å². The molecule has 2 aromatic heterocycles. The second-order valence-electron chi connectivity index (χ2n) is 23.3. The number of pyridine rings is 1. The SMILES string of the molecule is [2H]C1(c2ccccc2)CCC([2H])(c2ccc(-c3ccnc(-c4cc(-c5cccc6c5nc(-c5cc(-c7ccccc7)cc(-c7ccccc7)c5O)n6-c5ccc(CC6CCCC6)cc5-c5ccccc5)cc(C(C)(C)C)c4)c3)cc2)CC1. The van der Waals surface area contributed by atoms with Gasteiger partial charge < -0.3 is 5.11 Å². The van der Waals surface area contributed by atoms with Crippen LogP contribution in [0.1, 0.15) is 109 Å². The number of rotatable bonds is 12. The van der Waals surface area contributed by atoms with E-state index in [1.54, 1.807) is 0 Å². The van der Waals surface area contributed by atoms with Crippen molar-refractivity contribution < 1.29 is 7.85 Å². The summed E-state index contributed by atoms with van der Waals surface area (Å²) >= 11 is 0. The largest absolute Gasteiger partial charge is 0.507 e.